The van der Waals surface area contributed by atoms with Gasteiger partial charge in [0.2, 0.25) is 0 Å². The molecule has 0 aliphatic heterocycles. The first-order valence-corrected chi connectivity index (χ1v) is 9.17. The van der Waals surface area contributed by atoms with Crippen LogP contribution in [0.2, 0.25) is 10.2 Å². The highest BCUT2D eigenvalue weighted by molar-refractivity contribution is 6.30. The first-order valence-electron chi connectivity index (χ1n) is 8.41. The van der Waals surface area contributed by atoms with Crippen LogP contribution < -0.4 is 11.1 Å². The van der Waals surface area contributed by atoms with Crippen LogP contribution in [0.5, 0.6) is 0 Å². The minimum atomic E-state index is -1.13. The van der Waals surface area contributed by atoms with Crippen LogP contribution in [-0.4, -0.2) is 27.6 Å². The fourth-order valence-electron chi connectivity index (χ4n) is 2.49. The number of benzene rings is 2. The molecular formula is C20H15Cl2N5O2. The summed E-state index contributed by atoms with van der Waals surface area (Å²) in [6, 6.07) is 14.2. The Balaban J connectivity index is 1.93. The lowest BCUT2D eigenvalue weighted by Crippen LogP contribution is -2.34. The highest BCUT2D eigenvalue weighted by Gasteiger charge is 2.24. The Morgan fingerprint density at radius 2 is 1.79 bits per heavy atom. The van der Waals surface area contributed by atoms with Crippen molar-refractivity contribution in [3.8, 4) is 0 Å². The molecule has 2 amide bonds. The van der Waals surface area contributed by atoms with Crippen LogP contribution in [0.25, 0.3) is 0 Å². The highest BCUT2D eigenvalue weighted by atomic mass is 35.5. The van der Waals surface area contributed by atoms with Gasteiger partial charge in [-0.25, -0.2) is 4.98 Å². The summed E-state index contributed by atoms with van der Waals surface area (Å²) in [6.45, 7) is 0. The Morgan fingerprint density at radius 3 is 2.48 bits per heavy atom. The summed E-state index contributed by atoms with van der Waals surface area (Å²) in [4.78, 5) is 37.1. The van der Waals surface area contributed by atoms with Gasteiger partial charge in [-0.3, -0.25) is 14.6 Å². The van der Waals surface area contributed by atoms with Gasteiger partial charge in [0.25, 0.3) is 11.8 Å². The van der Waals surface area contributed by atoms with E-state index in [1.54, 1.807) is 48.5 Å². The molecule has 0 bridgehead atoms. The van der Waals surface area contributed by atoms with Gasteiger partial charge in [-0.1, -0.05) is 65.7 Å². The van der Waals surface area contributed by atoms with E-state index in [0.717, 1.165) is 0 Å². The average molecular weight is 428 g/mol. The average Bonchev–Trinajstić information content (AvgIpc) is 2.72. The molecule has 0 saturated heterocycles. The lowest BCUT2D eigenvalue weighted by atomic mass is 10.1. The van der Waals surface area contributed by atoms with E-state index in [1.807, 2.05) is 6.07 Å². The van der Waals surface area contributed by atoms with Crippen LogP contribution in [0, 0.1) is 0 Å². The number of halogens is 2. The lowest BCUT2D eigenvalue weighted by molar-refractivity contribution is -0.119. The molecule has 3 aromatic rings. The standard InChI is InChI=1S/C20H15Cl2N5O2/c21-14-8-4-7-13(9-14)17(26-19(28)15-10-24-11-16(22)25-15)20(29)27-18(23)12-5-2-1-3-6-12/h1-11,17H,(H,26,28)(H2,23,27,29). The first-order chi connectivity index (χ1) is 13.9. The van der Waals surface area contributed by atoms with Crippen molar-refractivity contribution in [2.24, 2.45) is 10.7 Å². The third-order valence-electron chi connectivity index (χ3n) is 3.84. The predicted molar refractivity (Wildman–Crippen MR) is 111 cm³/mol. The molecule has 1 aromatic heterocycles. The number of amides is 2. The molecular weight excluding hydrogens is 413 g/mol. The van der Waals surface area contributed by atoms with E-state index in [4.69, 9.17) is 28.9 Å². The Bertz CT molecular complexity index is 1070. The zero-order valence-corrected chi connectivity index (χ0v) is 16.4. The quantitative estimate of drug-likeness (QED) is 0.479. The lowest BCUT2D eigenvalue weighted by Gasteiger charge is -2.16. The number of nitrogens with one attached hydrogen (secondary N) is 1. The van der Waals surface area contributed by atoms with E-state index in [1.165, 1.54) is 12.4 Å². The van der Waals surface area contributed by atoms with Gasteiger partial charge in [0.1, 0.15) is 22.7 Å². The molecule has 1 heterocycles. The van der Waals surface area contributed by atoms with Gasteiger partial charge in [-0.2, -0.15) is 4.99 Å². The highest BCUT2D eigenvalue weighted by Crippen LogP contribution is 2.20. The maximum atomic E-state index is 12.9. The number of aliphatic imine (C=N–C) groups is 1. The summed E-state index contributed by atoms with van der Waals surface area (Å²) in [5.41, 5.74) is 6.93. The fraction of sp³-hybridized carbons (Fsp3) is 0.0500. The van der Waals surface area contributed by atoms with E-state index in [2.05, 4.69) is 20.3 Å². The van der Waals surface area contributed by atoms with Crippen molar-refractivity contribution in [3.05, 3.63) is 94.0 Å². The number of nitrogens with zero attached hydrogens (tertiary/aromatic N) is 3. The second kappa shape index (κ2) is 9.27. The van der Waals surface area contributed by atoms with Gasteiger partial charge in [-0.05, 0) is 17.7 Å². The van der Waals surface area contributed by atoms with E-state index in [0.29, 0.717) is 16.1 Å². The number of aromatic nitrogens is 2. The van der Waals surface area contributed by atoms with Crippen LogP contribution >= 0.6 is 23.2 Å². The molecule has 0 saturated carbocycles. The minimum Gasteiger partial charge on any atom is -0.383 e. The van der Waals surface area contributed by atoms with Gasteiger partial charge in [0.15, 0.2) is 0 Å². The maximum absolute atomic E-state index is 12.9. The van der Waals surface area contributed by atoms with Crippen LogP contribution in [0.1, 0.15) is 27.7 Å². The van der Waals surface area contributed by atoms with Crippen molar-refractivity contribution in [1.82, 2.24) is 15.3 Å². The van der Waals surface area contributed by atoms with E-state index < -0.39 is 17.9 Å². The first kappa shape index (κ1) is 20.4. The Labute approximate surface area is 176 Å². The molecule has 1 atom stereocenters. The third-order valence-corrected chi connectivity index (χ3v) is 4.26. The normalized spacial score (nSPS) is 12.3. The van der Waals surface area contributed by atoms with E-state index >= 15 is 0 Å². The van der Waals surface area contributed by atoms with Crippen LogP contribution in [0.15, 0.2) is 72.0 Å². The molecule has 146 valence electrons. The zero-order valence-electron chi connectivity index (χ0n) is 14.9. The fourth-order valence-corrected chi connectivity index (χ4v) is 2.83. The van der Waals surface area contributed by atoms with E-state index in [9.17, 15) is 9.59 Å². The molecule has 0 spiro atoms. The summed E-state index contributed by atoms with van der Waals surface area (Å²) in [7, 11) is 0. The Hall–Kier alpha value is -3.29. The summed E-state index contributed by atoms with van der Waals surface area (Å²) in [6.07, 6.45) is 2.53. The summed E-state index contributed by atoms with van der Waals surface area (Å²) >= 11 is 11.8. The van der Waals surface area contributed by atoms with Crippen LogP contribution in [0.4, 0.5) is 0 Å². The number of hydrogen-bond donors (Lipinski definition) is 2. The minimum absolute atomic E-state index is 0.0272. The molecule has 3 N–H and O–H groups in total. The van der Waals surface area contributed by atoms with Crippen LogP contribution in [0.3, 0.4) is 0 Å². The molecule has 9 heteroatoms. The Morgan fingerprint density at radius 1 is 1.03 bits per heavy atom. The number of carbonyl (C=O) groups is 2. The van der Waals surface area contributed by atoms with E-state index in [-0.39, 0.29) is 16.7 Å². The summed E-state index contributed by atoms with van der Waals surface area (Å²) < 4.78 is 0. The number of carbonyl (C=O) groups excluding carboxylic acids is 2. The monoisotopic (exact) mass is 427 g/mol. The molecule has 1 unspecified atom stereocenters. The number of amidine groups is 1. The Kier molecular flexibility index (Phi) is 6.54. The maximum Gasteiger partial charge on any atom is 0.274 e. The number of nitrogens with two attached hydrogens (primary N) is 1. The predicted octanol–water partition coefficient (Wildman–Crippen LogP) is 3.19. The van der Waals surface area contributed by atoms with Crippen molar-refractivity contribution < 1.29 is 9.59 Å². The van der Waals surface area contributed by atoms with Gasteiger partial charge < -0.3 is 11.1 Å². The molecule has 0 aliphatic rings. The summed E-state index contributed by atoms with van der Waals surface area (Å²) in [5.74, 6) is -1.29. The molecule has 0 fully saturated rings. The molecule has 2 aromatic carbocycles. The van der Waals surface area contributed by atoms with Crippen molar-refractivity contribution in [3.63, 3.8) is 0 Å². The topological polar surface area (TPSA) is 110 Å². The van der Waals surface area contributed by atoms with Crippen molar-refractivity contribution >= 4 is 40.9 Å². The van der Waals surface area contributed by atoms with Crippen molar-refractivity contribution in [2.75, 3.05) is 0 Å². The third kappa shape index (κ3) is 5.37. The molecule has 0 aliphatic carbocycles. The molecule has 3 rings (SSSR count). The number of hydrogen-bond acceptors (Lipinski definition) is 4. The van der Waals surface area contributed by atoms with Crippen LogP contribution in [-0.2, 0) is 4.79 Å². The number of rotatable bonds is 5. The molecule has 29 heavy (non-hydrogen) atoms. The second-order valence-corrected chi connectivity index (χ2v) is 6.71. The van der Waals surface area contributed by atoms with Gasteiger partial charge >= 0.3 is 0 Å². The second-order valence-electron chi connectivity index (χ2n) is 5.89. The van der Waals surface area contributed by atoms with Gasteiger partial charge in [-0.15, -0.1) is 0 Å². The SMILES string of the molecule is NC(=NC(=O)C(NC(=O)c1cncc(Cl)n1)c1cccc(Cl)c1)c1ccccc1. The van der Waals surface area contributed by atoms with Gasteiger partial charge in [0.05, 0.1) is 12.4 Å². The summed E-state index contributed by atoms with van der Waals surface area (Å²) in [5, 5.41) is 3.04. The van der Waals surface area contributed by atoms with Crippen molar-refractivity contribution in [2.45, 2.75) is 6.04 Å². The van der Waals surface area contributed by atoms with Crippen molar-refractivity contribution in [1.29, 1.82) is 0 Å². The zero-order chi connectivity index (χ0) is 20.8. The largest absolute Gasteiger partial charge is 0.383 e. The van der Waals surface area contributed by atoms with Gasteiger partial charge in [0, 0.05) is 10.6 Å². The molecule has 7 nitrogen and oxygen atoms in total. The smallest absolute Gasteiger partial charge is 0.274 e. The molecule has 0 radical (unpaired) electrons.